The Morgan fingerprint density at radius 3 is 0.688 bits per heavy atom. The largest absolute Gasteiger partial charge is 0.377 e. The van der Waals surface area contributed by atoms with Gasteiger partial charge in [0.2, 0.25) is 0 Å². The number of allylic oxidation sites excluding steroid dienone is 17. The molecule has 1 aliphatic rings. The van der Waals surface area contributed by atoms with E-state index in [0.29, 0.717) is 103 Å². The number of hydrogen-bond acceptors (Lipinski definition) is 1. The number of unbranched alkanes of at least 4 members (excludes halogenated alkanes) is 4. The van der Waals surface area contributed by atoms with Crippen LogP contribution in [-0.2, 0) is 4.74 Å². The molecule has 0 N–H and O–H groups in total. The van der Waals surface area contributed by atoms with Crippen LogP contribution in [0.1, 0.15) is 562 Å². The summed E-state index contributed by atoms with van der Waals surface area (Å²) < 4.78 is 5.51. The van der Waals surface area contributed by atoms with Gasteiger partial charge in [0.15, 0.2) is 0 Å². The zero-order valence-corrected chi connectivity index (χ0v) is 98.2. The van der Waals surface area contributed by atoms with Gasteiger partial charge in [-0.15, -0.1) is 0 Å². The van der Waals surface area contributed by atoms with Crippen molar-refractivity contribution in [2.24, 2.45) is 114 Å². The highest BCUT2D eigenvalue weighted by Crippen LogP contribution is 2.59. The summed E-state index contributed by atoms with van der Waals surface area (Å²) in [7, 11) is 0. The van der Waals surface area contributed by atoms with E-state index in [9.17, 15) is 0 Å². The molecule has 1 rings (SSSR count). The molecule has 0 aromatic carbocycles. The molecule has 0 heterocycles. The summed E-state index contributed by atoms with van der Waals surface area (Å²) in [4.78, 5) is 0. The Morgan fingerprint density at radius 1 is 0.240 bits per heavy atom. The zero-order valence-electron chi connectivity index (χ0n) is 98.2. The highest BCUT2D eigenvalue weighted by molar-refractivity contribution is 5.15. The minimum atomic E-state index is 0.269. The van der Waals surface area contributed by atoms with E-state index in [1.54, 1.807) is 0 Å². The fraction of sp³-hybridized carbons (Fsp3) is 0.855. The van der Waals surface area contributed by atoms with Crippen molar-refractivity contribution in [1.82, 2.24) is 0 Å². The minimum Gasteiger partial charge on any atom is -0.377 e. The molecule has 0 unspecified atom stereocenters. The smallest absolute Gasteiger partial charge is 0.0647 e. The van der Waals surface area contributed by atoms with Crippen LogP contribution in [-0.4, -0.2) is 13.2 Å². The molecule has 1 aliphatic carbocycles. The molecule has 0 aliphatic heterocycles. The first-order valence-electron chi connectivity index (χ1n) is 51.5. The van der Waals surface area contributed by atoms with E-state index >= 15 is 0 Å². The van der Waals surface area contributed by atoms with Crippen molar-refractivity contribution in [1.29, 1.82) is 0 Å². The maximum atomic E-state index is 5.51. The van der Waals surface area contributed by atoms with E-state index in [4.69, 9.17) is 4.74 Å². The zero-order chi connectivity index (χ0) is 101. The molecule has 125 heavy (non-hydrogen) atoms. The van der Waals surface area contributed by atoms with Crippen molar-refractivity contribution < 1.29 is 4.74 Å². The average Bonchev–Trinajstić information content (AvgIpc) is 1.61. The van der Waals surface area contributed by atoms with Gasteiger partial charge in [-0.25, -0.2) is 0 Å². The first kappa shape index (κ1) is 138. The van der Waals surface area contributed by atoms with Crippen molar-refractivity contribution in [2.45, 2.75) is 562 Å². The molecule has 0 radical (unpaired) electrons. The van der Waals surface area contributed by atoms with Crippen molar-refractivity contribution in [3.63, 3.8) is 0 Å². The van der Waals surface area contributed by atoms with E-state index in [0.717, 1.165) is 13.2 Å². The van der Waals surface area contributed by atoms with E-state index in [-0.39, 0.29) is 10.8 Å². The number of hydrogen-bond donors (Lipinski definition) is 0. The number of rotatable bonds is 30. The lowest BCUT2D eigenvalue weighted by molar-refractivity contribution is 0.0906. The number of ether oxygens (including phenoxy) is 1. The Bertz CT molecular complexity index is 2590. The standard InChI is InChI=1S/C16H30.C16H32.C15H30.5C13H26.C12H24O/c1-14(2,3)10-8-7-9-11-16(12-13-16)15(4,5)6;1-14(2,3)12-10-9-11-13-16(7,8)15(4,5)6;1-13(15(5,6)7)11-9-8-10-12-14(2,3)4;5*1-12(2,3)10-8-7-9-11-13(4,5)6;1-11(2,3)8-7-9-13-10-12(4,5)6/h9,11H,7-8,10,12-13H2,1-6H3;10,12H,9,11,13H2,1-8H3;9,11,13H,8,10,12H2,1-7H3;8,10H,7,9,11H2,1-6H3;4*7-8H,9-11H2,1-6H3;7-8H,9-10H2,1-6H3/b11-9+;12-10+;11-9+;10-8+;3*8-7+;8-7-;8-7+/t;;13-;;;;;;/m..0....../s1. The third kappa shape index (κ3) is 130. The Labute approximate surface area is 798 Å². The van der Waals surface area contributed by atoms with Crippen LogP contribution in [0.2, 0.25) is 0 Å². The second-order valence-electron chi connectivity index (χ2n) is 60.0. The highest BCUT2D eigenvalue weighted by atomic mass is 16.5. The summed E-state index contributed by atoms with van der Waals surface area (Å²) >= 11 is 0. The summed E-state index contributed by atoms with van der Waals surface area (Å²) in [5.74, 6) is 0.673. The predicted octanol–water partition coefficient (Wildman–Crippen LogP) is 44.5. The fourth-order valence-electron chi connectivity index (χ4n) is 11.5. The van der Waals surface area contributed by atoms with Gasteiger partial charge >= 0.3 is 0 Å². The van der Waals surface area contributed by atoms with Crippen molar-refractivity contribution in [2.75, 3.05) is 13.2 Å². The first-order chi connectivity index (χ1) is 55.0. The Hall–Kier alpha value is -2.38. The van der Waals surface area contributed by atoms with E-state index in [1.807, 2.05) is 0 Å². The molecule has 1 fully saturated rings. The molecule has 0 spiro atoms. The molecule has 1 nitrogen and oxygen atoms in total. The van der Waals surface area contributed by atoms with Crippen molar-refractivity contribution in [3.05, 3.63) is 109 Å². The van der Waals surface area contributed by atoms with Gasteiger partial charge in [0.25, 0.3) is 0 Å². The second-order valence-corrected chi connectivity index (χ2v) is 60.0. The van der Waals surface area contributed by atoms with Crippen molar-refractivity contribution >= 4 is 0 Å². The third-order valence-electron chi connectivity index (χ3n) is 22.0. The first-order valence-corrected chi connectivity index (χ1v) is 51.5. The SMILES string of the molecule is CC(C)(C)/C=C/CCCC(C)(C)C.CC(C)(C)/C=C/CCCC(C)(C)C(C)(C)C.CC(C)(C)/C=C/COCC(C)(C)C.CC(C)(C)C/C=C/CCC(C)(C)C.CC(C)(C)C/C=C/CCC(C)(C)C.CC(C)(C)C/C=C/CCC(C)(C)C.CC(C)(C)C/C=C\CCC(C)(C)C.CC(C)(C)CCC/C=C/C1(C(C)(C)C)CC1.C[C@@H](/C=C/CCCC(C)(C)C)C(C)(C)C. The normalized spacial score (nSPS) is 15.1. The summed E-state index contributed by atoms with van der Waals surface area (Å²) in [5, 5.41) is 0. The van der Waals surface area contributed by atoms with Crippen LogP contribution in [0.25, 0.3) is 0 Å². The van der Waals surface area contributed by atoms with Gasteiger partial charge in [-0.3, -0.25) is 0 Å². The molecule has 1 heteroatoms. The molecular weight excluding hydrogens is 1510 g/mol. The Balaban J connectivity index is -0.000000206. The predicted molar refractivity (Wildman–Crippen MR) is 589 cm³/mol. The summed E-state index contributed by atoms with van der Waals surface area (Å²) in [6, 6.07) is 0. The van der Waals surface area contributed by atoms with Gasteiger partial charge in [-0.05, 0) is 281 Å². The monoisotopic (exact) mass is 1750 g/mol. The molecule has 0 bridgehead atoms. The highest BCUT2D eigenvalue weighted by Gasteiger charge is 2.49. The van der Waals surface area contributed by atoms with Crippen molar-refractivity contribution in [3.8, 4) is 0 Å². The molecular formula is C124H246O. The van der Waals surface area contributed by atoms with Gasteiger partial charge in [0.05, 0.1) is 13.2 Å². The molecule has 0 amide bonds. The second kappa shape index (κ2) is 63.0. The van der Waals surface area contributed by atoms with Gasteiger partial charge in [-0.1, -0.05) is 504 Å². The quantitative estimate of drug-likeness (QED) is 0.0514. The summed E-state index contributed by atoms with van der Waals surface area (Å²) in [6.07, 6.45) is 75.0. The molecule has 0 aromatic heterocycles. The molecule has 1 atom stereocenters. The summed E-state index contributed by atoms with van der Waals surface area (Å²) in [5.41, 5.74) is 8.62. The fourth-order valence-corrected chi connectivity index (χ4v) is 11.5. The lowest BCUT2D eigenvalue weighted by Gasteiger charge is -2.39. The van der Waals surface area contributed by atoms with Gasteiger partial charge in [-0.2, -0.15) is 0 Å². The molecule has 748 valence electrons. The lowest BCUT2D eigenvalue weighted by atomic mass is 9.67. The maximum absolute atomic E-state index is 5.51. The Morgan fingerprint density at radius 2 is 0.480 bits per heavy atom. The third-order valence-corrected chi connectivity index (χ3v) is 22.0. The van der Waals surface area contributed by atoms with Crippen LogP contribution in [0.3, 0.4) is 0 Å². The maximum Gasteiger partial charge on any atom is 0.0647 e. The van der Waals surface area contributed by atoms with Crippen LogP contribution in [0.4, 0.5) is 0 Å². The summed E-state index contributed by atoms with van der Waals surface area (Å²) in [6.45, 7) is 132. The van der Waals surface area contributed by atoms with E-state index < -0.39 is 0 Å². The van der Waals surface area contributed by atoms with Crippen LogP contribution in [0.15, 0.2) is 109 Å². The minimum absolute atomic E-state index is 0.269. The average molecular weight is 1750 g/mol. The van der Waals surface area contributed by atoms with E-state index in [2.05, 4.69) is 504 Å². The lowest BCUT2D eigenvalue weighted by Crippen LogP contribution is -2.29. The van der Waals surface area contributed by atoms with Gasteiger partial charge in [0.1, 0.15) is 0 Å². The van der Waals surface area contributed by atoms with E-state index in [1.165, 1.54) is 167 Å². The van der Waals surface area contributed by atoms with Gasteiger partial charge < -0.3 is 4.74 Å². The van der Waals surface area contributed by atoms with Crippen LogP contribution in [0, 0.1) is 114 Å². The van der Waals surface area contributed by atoms with Crippen LogP contribution < -0.4 is 0 Å². The Kier molecular flexibility index (Phi) is 69.6. The molecule has 0 saturated heterocycles. The van der Waals surface area contributed by atoms with Crippen LogP contribution >= 0.6 is 0 Å². The molecule has 1 saturated carbocycles. The topological polar surface area (TPSA) is 9.23 Å². The van der Waals surface area contributed by atoms with Gasteiger partial charge in [0, 0.05) is 0 Å². The molecule has 0 aromatic rings. The van der Waals surface area contributed by atoms with Crippen LogP contribution in [0.5, 0.6) is 0 Å².